The first-order chi connectivity index (χ1) is 6.97. The van der Waals surface area contributed by atoms with Gasteiger partial charge in [-0.25, -0.2) is 0 Å². The summed E-state index contributed by atoms with van der Waals surface area (Å²) in [5.74, 6) is 0. The van der Waals surface area contributed by atoms with E-state index in [0.717, 1.165) is 13.0 Å². The Morgan fingerprint density at radius 1 is 1.33 bits per heavy atom. The van der Waals surface area contributed by atoms with Crippen LogP contribution in [0.4, 0.5) is 0 Å². The fourth-order valence-electron chi connectivity index (χ4n) is 1.61. The predicted octanol–water partition coefficient (Wildman–Crippen LogP) is 1.33. The maximum Gasteiger partial charge on any atom is 0.0718 e. The summed E-state index contributed by atoms with van der Waals surface area (Å²) in [4.78, 5) is 6.12. The Kier molecular flexibility index (Phi) is 4.24. The maximum atomic E-state index is 9.63. The van der Waals surface area contributed by atoms with E-state index in [0.29, 0.717) is 6.54 Å². The van der Waals surface area contributed by atoms with Crippen molar-refractivity contribution < 1.29 is 5.11 Å². The van der Waals surface area contributed by atoms with Gasteiger partial charge in [-0.1, -0.05) is 0 Å². The molecule has 3 heteroatoms. The molecule has 0 radical (unpaired) electrons. The fourth-order valence-corrected chi connectivity index (χ4v) is 1.61. The van der Waals surface area contributed by atoms with Crippen LogP contribution in [0.5, 0.6) is 0 Å². The Labute approximate surface area is 91.8 Å². The van der Waals surface area contributed by atoms with Gasteiger partial charge in [0.25, 0.3) is 0 Å². The number of hydrogen-bond acceptors (Lipinski definition) is 3. The first-order valence-corrected chi connectivity index (χ1v) is 5.27. The lowest BCUT2D eigenvalue weighted by molar-refractivity contribution is 0.0450. The zero-order valence-electron chi connectivity index (χ0n) is 9.77. The molecule has 0 aliphatic heterocycles. The van der Waals surface area contributed by atoms with Crippen LogP contribution in [0.2, 0.25) is 0 Å². The molecule has 1 aromatic heterocycles. The molecule has 0 spiro atoms. The number of likely N-dealkylation sites (N-methyl/N-ethyl adjacent to an activating group) is 1. The van der Waals surface area contributed by atoms with Crippen molar-refractivity contribution in [3.63, 3.8) is 0 Å². The second-order valence-corrected chi connectivity index (χ2v) is 4.66. The van der Waals surface area contributed by atoms with Crippen LogP contribution < -0.4 is 0 Å². The van der Waals surface area contributed by atoms with E-state index in [1.165, 1.54) is 5.56 Å². The van der Waals surface area contributed by atoms with Gasteiger partial charge in [-0.3, -0.25) is 4.98 Å². The van der Waals surface area contributed by atoms with Crippen LogP contribution >= 0.6 is 0 Å². The molecular weight excluding hydrogens is 188 g/mol. The second kappa shape index (κ2) is 5.24. The van der Waals surface area contributed by atoms with Crippen molar-refractivity contribution in [2.45, 2.75) is 25.9 Å². The number of pyridine rings is 1. The number of aliphatic hydroxyl groups is 1. The largest absolute Gasteiger partial charge is 0.389 e. The van der Waals surface area contributed by atoms with Gasteiger partial charge in [-0.2, -0.15) is 0 Å². The number of rotatable bonds is 5. The zero-order valence-corrected chi connectivity index (χ0v) is 9.77. The molecule has 0 unspecified atom stereocenters. The minimum absolute atomic E-state index is 0.618. The molecular formula is C12H20N2O. The molecule has 0 atom stereocenters. The van der Waals surface area contributed by atoms with Gasteiger partial charge >= 0.3 is 0 Å². The van der Waals surface area contributed by atoms with Crippen molar-refractivity contribution in [1.29, 1.82) is 0 Å². The van der Waals surface area contributed by atoms with Gasteiger partial charge < -0.3 is 10.0 Å². The summed E-state index contributed by atoms with van der Waals surface area (Å²) in [6.07, 6.45) is 4.62. The molecule has 0 aromatic carbocycles. The van der Waals surface area contributed by atoms with Gasteiger partial charge in [0.15, 0.2) is 0 Å². The number of aromatic nitrogens is 1. The highest BCUT2D eigenvalue weighted by atomic mass is 16.3. The Morgan fingerprint density at radius 2 is 1.93 bits per heavy atom. The topological polar surface area (TPSA) is 36.4 Å². The number of hydrogen-bond donors (Lipinski definition) is 1. The van der Waals surface area contributed by atoms with Crippen LogP contribution in [0.15, 0.2) is 24.5 Å². The quantitative estimate of drug-likeness (QED) is 0.793. The van der Waals surface area contributed by atoms with E-state index in [-0.39, 0.29) is 0 Å². The van der Waals surface area contributed by atoms with Gasteiger partial charge in [0, 0.05) is 25.5 Å². The summed E-state index contributed by atoms with van der Waals surface area (Å²) in [6, 6.07) is 4.05. The van der Waals surface area contributed by atoms with E-state index < -0.39 is 5.60 Å². The summed E-state index contributed by atoms with van der Waals surface area (Å²) in [7, 11) is 2.03. The smallest absolute Gasteiger partial charge is 0.0718 e. The molecule has 0 amide bonds. The van der Waals surface area contributed by atoms with Gasteiger partial charge in [0.1, 0.15) is 0 Å². The lowest BCUT2D eigenvalue weighted by Crippen LogP contribution is -2.37. The first kappa shape index (κ1) is 12.1. The Bertz CT molecular complexity index is 279. The average molecular weight is 208 g/mol. The van der Waals surface area contributed by atoms with Gasteiger partial charge in [0.2, 0.25) is 0 Å². The molecule has 0 aliphatic carbocycles. The van der Waals surface area contributed by atoms with Crippen LogP contribution in [0.3, 0.4) is 0 Å². The van der Waals surface area contributed by atoms with Crippen molar-refractivity contribution in [3.05, 3.63) is 30.1 Å². The number of nitrogens with zero attached hydrogens (tertiary/aromatic N) is 2. The molecule has 0 bridgehead atoms. The van der Waals surface area contributed by atoms with Crippen LogP contribution in [-0.4, -0.2) is 40.7 Å². The lowest BCUT2D eigenvalue weighted by atomic mass is 10.1. The monoisotopic (exact) mass is 208 g/mol. The standard InChI is InChI=1S/C12H20N2O/c1-12(2,15)10-14(3)9-6-11-4-7-13-8-5-11/h4-5,7-8,15H,6,9-10H2,1-3H3. The van der Waals surface area contributed by atoms with E-state index in [1.807, 2.05) is 45.4 Å². The third kappa shape index (κ3) is 5.50. The van der Waals surface area contributed by atoms with Crippen LogP contribution in [0.1, 0.15) is 19.4 Å². The lowest BCUT2D eigenvalue weighted by Gasteiger charge is -2.25. The molecule has 1 rings (SSSR count). The van der Waals surface area contributed by atoms with Crippen LogP contribution in [0, 0.1) is 0 Å². The average Bonchev–Trinajstić information content (AvgIpc) is 2.14. The van der Waals surface area contributed by atoms with E-state index in [4.69, 9.17) is 0 Å². The highest BCUT2D eigenvalue weighted by Crippen LogP contribution is 2.04. The minimum atomic E-state index is -0.618. The van der Waals surface area contributed by atoms with E-state index in [2.05, 4.69) is 9.88 Å². The van der Waals surface area contributed by atoms with Crippen LogP contribution in [0.25, 0.3) is 0 Å². The third-order valence-electron chi connectivity index (χ3n) is 2.19. The first-order valence-electron chi connectivity index (χ1n) is 5.27. The molecule has 1 N–H and O–H groups in total. The van der Waals surface area contributed by atoms with E-state index >= 15 is 0 Å². The Morgan fingerprint density at radius 3 is 2.47 bits per heavy atom. The predicted molar refractivity (Wildman–Crippen MR) is 61.7 cm³/mol. The third-order valence-corrected chi connectivity index (χ3v) is 2.19. The van der Waals surface area contributed by atoms with Crippen molar-refractivity contribution in [2.75, 3.05) is 20.1 Å². The van der Waals surface area contributed by atoms with Gasteiger partial charge in [0.05, 0.1) is 5.60 Å². The molecule has 0 saturated heterocycles. The Balaban J connectivity index is 2.32. The maximum absolute atomic E-state index is 9.63. The minimum Gasteiger partial charge on any atom is -0.389 e. The molecule has 84 valence electrons. The fraction of sp³-hybridized carbons (Fsp3) is 0.583. The van der Waals surface area contributed by atoms with Crippen molar-refractivity contribution >= 4 is 0 Å². The molecule has 0 aliphatic rings. The summed E-state index contributed by atoms with van der Waals surface area (Å²) in [5, 5.41) is 9.63. The summed E-state index contributed by atoms with van der Waals surface area (Å²) < 4.78 is 0. The van der Waals surface area contributed by atoms with Crippen molar-refractivity contribution in [2.24, 2.45) is 0 Å². The van der Waals surface area contributed by atoms with Gasteiger partial charge in [-0.05, 0) is 45.0 Å². The summed E-state index contributed by atoms with van der Waals surface area (Å²) in [5.41, 5.74) is 0.667. The SMILES string of the molecule is CN(CCc1ccncc1)CC(C)(C)O. The zero-order chi connectivity index (χ0) is 11.3. The summed E-state index contributed by atoms with van der Waals surface area (Å²) in [6.45, 7) is 5.30. The van der Waals surface area contributed by atoms with Crippen molar-refractivity contribution in [1.82, 2.24) is 9.88 Å². The molecule has 1 aromatic rings. The van der Waals surface area contributed by atoms with Crippen molar-refractivity contribution in [3.8, 4) is 0 Å². The normalized spacial score (nSPS) is 12.1. The van der Waals surface area contributed by atoms with Gasteiger partial charge in [-0.15, -0.1) is 0 Å². The molecule has 0 fully saturated rings. The molecule has 15 heavy (non-hydrogen) atoms. The Hall–Kier alpha value is -0.930. The van der Waals surface area contributed by atoms with Crippen LogP contribution in [-0.2, 0) is 6.42 Å². The molecule has 0 saturated carbocycles. The highest BCUT2D eigenvalue weighted by Gasteiger charge is 2.14. The van der Waals surface area contributed by atoms with E-state index in [9.17, 15) is 5.11 Å². The second-order valence-electron chi connectivity index (χ2n) is 4.66. The van der Waals surface area contributed by atoms with E-state index in [1.54, 1.807) is 0 Å². The molecule has 1 heterocycles. The summed E-state index contributed by atoms with van der Waals surface area (Å²) >= 11 is 0. The highest BCUT2D eigenvalue weighted by molar-refractivity contribution is 5.09. The molecule has 3 nitrogen and oxygen atoms in total.